The summed E-state index contributed by atoms with van der Waals surface area (Å²) in [5.74, 6) is 0.708. The molecular weight excluding hydrogens is 424 g/mol. The molecule has 5 rings (SSSR count). The lowest BCUT2D eigenvalue weighted by Gasteiger charge is -2.31. The average molecular weight is 455 g/mol. The number of carbonyl (C=O) groups excluding carboxylic acids is 1. The highest BCUT2D eigenvalue weighted by molar-refractivity contribution is 6.15. The van der Waals surface area contributed by atoms with E-state index in [0.29, 0.717) is 5.75 Å². The number of ether oxygens (including phenoxy) is 1. The van der Waals surface area contributed by atoms with E-state index >= 15 is 0 Å². The zero-order valence-corrected chi connectivity index (χ0v) is 20.3. The minimum atomic E-state index is -0.336. The topological polar surface area (TPSA) is 70.9 Å². The molecule has 0 bridgehead atoms. The number of hydrogen-bond acceptors (Lipinski definition) is 4. The third-order valence-corrected chi connectivity index (χ3v) is 6.41. The summed E-state index contributed by atoms with van der Waals surface area (Å²) >= 11 is 0. The number of phenolic OH excluding ortho intramolecular Hbond substituents is 1. The van der Waals surface area contributed by atoms with Crippen molar-refractivity contribution in [3.05, 3.63) is 76.9 Å². The van der Waals surface area contributed by atoms with Crippen molar-refractivity contribution in [2.45, 2.75) is 58.6 Å². The number of nitrogens with zero attached hydrogens (tertiary/aromatic N) is 1. The molecule has 2 heterocycles. The Morgan fingerprint density at radius 3 is 2.35 bits per heavy atom. The van der Waals surface area contributed by atoms with E-state index in [1.54, 1.807) is 0 Å². The molecule has 0 spiro atoms. The Hall–Kier alpha value is -3.60. The van der Waals surface area contributed by atoms with Crippen LogP contribution in [0.1, 0.15) is 56.9 Å². The second-order valence-electron chi connectivity index (χ2n) is 10.6. The fourth-order valence-electron chi connectivity index (χ4n) is 5.05. The van der Waals surface area contributed by atoms with Crippen LogP contribution in [0.25, 0.3) is 11.1 Å². The lowest BCUT2D eigenvalue weighted by atomic mass is 9.80. The Labute approximate surface area is 200 Å². The number of fused-ring (bicyclic) bond motifs is 3. The van der Waals surface area contributed by atoms with Crippen molar-refractivity contribution in [2.24, 2.45) is 4.99 Å². The van der Waals surface area contributed by atoms with Crippen molar-refractivity contribution in [3.63, 3.8) is 0 Å². The molecule has 0 saturated carbocycles. The Kier molecular flexibility index (Phi) is 5.05. The Balaban J connectivity index is 1.58. The van der Waals surface area contributed by atoms with Gasteiger partial charge < -0.3 is 15.2 Å². The van der Waals surface area contributed by atoms with Crippen LogP contribution in [-0.4, -0.2) is 27.9 Å². The van der Waals surface area contributed by atoms with Crippen LogP contribution in [0.5, 0.6) is 11.5 Å². The number of anilines is 1. The molecule has 5 heteroatoms. The van der Waals surface area contributed by atoms with Crippen LogP contribution in [0, 0.1) is 0 Å². The minimum absolute atomic E-state index is 0.0881. The Morgan fingerprint density at radius 2 is 1.65 bits per heavy atom. The number of hydrogen-bond donors (Lipinski definition) is 2. The van der Waals surface area contributed by atoms with Crippen LogP contribution in [0.2, 0.25) is 0 Å². The monoisotopic (exact) mass is 454 g/mol. The molecule has 0 atom stereocenters. The summed E-state index contributed by atoms with van der Waals surface area (Å²) in [7, 11) is 0. The fourth-order valence-corrected chi connectivity index (χ4v) is 5.05. The number of phenols is 1. The van der Waals surface area contributed by atoms with Crippen LogP contribution < -0.4 is 10.1 Å². The molecule has 3 aromatic carbocycles. The van der Waals surface area contributed by atoms with Gasteiger partial charge in [0.25, 0.3) is 0 Å². The molecular formula is C29H30N2O3. The molecule has 2 aliphatic heterocycles. The smallest absolute Gasteiger partial charge is 0.221 e. The first-order valence-electron chi connectivity index (χ1n) is 11.7. The average Bonchev–Trinajstić information content (AvgIpc) is 3.10. The molecule has 0 radical (unpaired) electrons. The number of aromatic hydroxyl groups is 1. The summed E-state index contributed by atoms with van der Waals surface area (Å²) in [5, 5.41) is 13.6. The van der Waals surface area contributed by atoms with Gasteiger partial charge in [-0.05, 0) is 75.1 Å². The molecule has 5 nitrogen and oxygen atoms in total. The third-order valence-electron chi connectivity index (χ3n) is 6.41. The molecule has 34 heavy (non-hydrogen) atoms. The van der Waals surface area contributed by atoms with E-state index in [-0.39, 0.29) is 22.8 Å². The number of benzene rings is 3. The molecule has 174 valence electrons. The molecule has 1 amide bonds. The van der Waals surface area contributed by atoms with Crippen molar-refractivity contribution < 1.29 is 14.6 Å². The maximum Gasteiger partial charge on any atom is 0.221 e. The zero-order chi connectivity index (χ0) is 24.3. The molecule has 0 unspecified atom stereocenters. The van der Waals surface area contributed by atoms with E-state index in [2.05, 4.69) is 51.2 Å². The van der Waals surface area contributed by atoms with Crippen molar-refractivity contribution >= 4 is 17.3 Å². The number of amides is 1. The summed E-state index contributed by atoms with van der Waals surface area (Å²) < 4.78 is 6.09. The van der Waals surface area contributed by atoms with E-state index < -0.39 is 0 Å². The van der Waals surface area contributed by atoms with Crippen LogP contribution in [0.15, 0.2) is 59.6 Å². The van der Waals surface area contributed by atoms with E-state index in [1.165, 1.54) is 12.5 Å². The normalized spacial score (nSPS) is 17.3. The van der Waals surface area contributed by atoms with Gasteiger partial charge in [0.2, 0.25) is 5.91 Å². The Bertz CT molecular complexity index is 1330. The standard InChI is InChI=1S/C29H30N2O3/c1-17(32)30-21-11-9-18(10-12-21)19-7-6-8-20(13-19)26-22-14-25(33)27-24(16-29(4,5)34-27)23(22)15-28(2,3)31-26/h6-14,33H,15-16H2,1-5H3,(H,30,32). The summed E-state index contributed by atoms with van der Waals surface area (Å²) in [6.45, 7) is 9.92. The van der Waals surface area contributed by atoms with Gasteiger partial charge in [-0.2, -0.15) is 0 Å². The third kappa shape index (κ3) is 4.07. The van der Waals surface area contributed by atoms with E-state index in [4.69, 9.17) is 9.73 Å². The van der Waals surface area contributed by atoms with Gasteiger partial charge in [0.05, 0.1) is 11.3 Å². The molecule has 0 aliphatic carbocycles. The second kappa shape index (κ2) is 7.73. The molecule has 0 aromatic heterocycles. The summed E-state index contributed by atoms with van der Waals surface area (Å²) in [5.41, 5.74) is 7.49. The van der Waals surface area contributed by atoms with Crippen LogP contribution in [-0.2, 0) is 17.6 Å². The first-order valence-corrected chi connectivity index (χ1v) is 11.7. The molecule has 0 saturated heterocycles. The Morgan fingerprint density at radius 1 is 0.941 bits per heavy atom. The van der Waals surface area contributed by atoms with Crippen molar-refractivity contribution in [3.8, 4) is 22.6 Å². The van der Waals surface area contributed by atoms with E-state index in [0.717, 1.165) is 52.1 Å². The number of carbonyl (C=O) groups is 1. The first kappa shape index (κ1) is 22.2. The van der Waals surface area contributed by atoms with Gasteiger partial charge in [-0.3, -0.25) is 9.79 Å². The molecule has 0 fully saturated rings. The van der Waals surface area contributed by atoms with Crippen LogP contribution in [0.4, 0.5) is 5.69 Å². The van der Waals surface area contributed by atoms with Gasteiger partial charge in [0.1, 0.15) is 5.60 Å². The minimum Gasteiger partial charge on any atom is -0.504 e. The van der Waals surface area contributed by atoms with Crippen LogP contribution >= 0.6 is 0 Å². The SMILES string of the molecule is CC(=O)Nc1ccc(-c2cccc(C3=NC(C)(C)Cc4c3cc(O)c3c4CC(C)(C)O3)c2)cc1. The zero-order valence-electron chi connectivity index (χ0n) is 20.3. The summed E-state index contributed by atoms with van der Waals surface area (Å²) in [6, 6.07) is 18.0. The molecule has 2 N–H and O–H groups in total. The number of rotatable bonds is 3. The number of aliphatic imine (C=N–C) groups is 1. The summed E-state index contributed by atoms with van der Waals surface area (Å²) in [6.07, 6.45) is 1.57. The van der Waals surface area contributed by atoms with Gasteiger partial charge in [0, 0.05) is 35.7 Å². The highest BCUT2D eigenvalue weighted by atomic mass is 16.5. The lowest BCUT2D eigenvalue weighted by Crippen LogP contribution is -2.30. The van der Waals surface area contributed by atoms with Gasteiger partial charge in [-0.15, -0.1) is 0 Å². The van der Waals surface area contributed by atoms with Crippen molar-refractivity contribution in [1.29, 1.82) is 0 Å². The predicted octanol–water partition coefficient (Wildman–Crippen LogP) is 5.90. The predicted molar refractivity (Wildman–Crippen MR) is 136 cm³/mol. The first-order chi connectivity index (χ1) is 16.0. The number of nitrogens with one attached hydrogen (secondary N) is 1. The molecule has 2 aliphatic rings. The van der Waals surface area contributed by atoms with Crippen molar-refractivity contribution in [1.82, 2.24) is 0 Å². The van der Waals surface area contributed by atoms with Gasteiger partial charge in [0.15, 0.2) is 11.5 Å². The van der Waals surface area contributed by atoms with Gasteiger partial charge in [-0.25, -0.2) is 0 Å². The summed E-state index contributed by atoms with van der Waals surface area (Å²) in [4.78, 5) is 16.4. The molecule has 3 aromatic rings. The van der Waals surface area contributed by atoms with Gasteiger partial charge in [-0.1, -0.05) is 30.3 Å². The maximum atomic E-state index is 11.3. The van der Waals surface area contributed by atoms with E-state index in [1.807, 2.05) is 36.4 Å². The second-order valence-corrected chi connectivity index (χ2v) is 10.6. The van der Waals surface area contributed by atoms with Crippen molar-refractivity contribution in [2.75, 3.05) is 5.32 Å². The largest absolute Gasteiger partial charge is 0.504 e. The van der Waals surface area contributed by atoms with Gasteiger partial charge >= 0.3 is 0 Å². The maximum absolute atomic E-state index is 11.3. The van der Waals surface area contributed by atoms with E-state index in [9.17, 15) is 9.90 Å². The lowest BCUT2D eigenvalue weighted by molar-refractivity contribution is -0.114. The quantitative estimate of drug-likeness (QED) is 0.517. The highest BCUT2D eigenvalue weighted by Crippen LogP contribution is 2.47. The van der Waals surface area contributed by atoms with Crippen LogP contribution in [0.3, 0.4) is 0 Å². The fraction of sp³-hybridized carbons (Fsp3) is 0.310. The highest BCUT2D eigenvalue weighted by Gasteiger charge is 2.39.